The maximum Gasteiger partial charge on any atom is 0.251 e. The van der Waals surface area contributed by atoms with Crippen LogP contribution in [0.2, 0.25) is 0 Å². The van der Waals surface area contributed by atoms with Crippen LogP contribution in [0.1, 0.15) is 31.1 Å². The van der Waals surface area contributed by atoms with E-state index in [-0.39, 0.29) is 0 Å². The van der Waals surface area contributed by atoms with Crippen LogP contribution in [-0.2, 0) is 4.79 Å². The molecular formula is C14H21N3O3. The minimum Gasteiger partial charge on any atom is -0.494 e. The van der Waals surface area contributed by atoms with Gasteiger partial charge < -0.3 is 21.5 Å². The highest BCUT2D eigenvalue weighted by atomic mass is 16.5. The Bertz CT molecular complexity index is 477. The van der Waals surface area contributed by atoms with Crippen LogP contribution in [0, 0.1) is 0 Å². The number of ether oxygens (including phenoxy) is 1. The number of carbonyl (C=O) groups excluding carboxylic acids is 2. The minimum atomic E-state index is -0.943. The lowest BCUT2D eigenvalue weighted by Crippen LogP contribution is -2.60. The molecule has 1 atom stereocenters. The summed E-state index contributed by atoms with van der Waals surface area (Å²) in [6.45, 7) is 5.68. The number of carbonyl (C=O) groups is 2. The van der Waals surface area contributed by atoms with E-state index in [0.717, 1.165) is 0 Å². The molecule has 0 saturated carbocycles. The molecule has 110 valence electrons. The Morgan fingerprint density at radius 3 is 2.25 bits per heavy atom. The van der Waals surface area contributed by atoms with E-state index in [2.05, 4.69) is 5.32 Å². The molecule has 0 aromatic heterocycles. The molecule has 0 aliphatic rings. The van der Waals surface area contributed by atoms with E-state index in [1.54, 1.807) is 38.1 Å². The first kappa shape index (κ1) is 16.0. The number of nitrogens with two attached hydrogens (primary N) is 2. The van der Waals surface area contributed by atoms with Gasteiger partial charge in [-0.2, -0.15) is 0 Å². The third-order valence-corrected chi connectivity index (χ3v) is 2.73. The maximum absolute atomic E-state index is 12.1. The van der Waals surface area contributed by atoms with Gasteiger partial charge in [0.05, 0.1) is 6.61 Å². The molecule has 0 fully saturated rings. The summed E-state index contributed by atoms with van der Waals surface area (Å²) in [5.41, 5.74) is 10.6. The third kappa shape index (κ3) is 4.24. The van der Waals surface area contributed by atoms with Crippen molar-refractivity contribution in [1.82, 2.24) is 5.32 Å². The highest BCUT2D eigenvalue weighted by Crippen LogP contribution is 2.13. The number of nitrogens with one attached hydrogen (secondary N) is 1. The molecule has 20 heavy (non-hydrogen) atoms. The van der Waals surface area contributed by atoms with Gasteiger partial charge in [-0.15, -0.1) is 0 Å². The second-order valence-corrected chi connectivity index (χ2v) is 5.09. The normalized spacial score (nSPS) is 12.6. The van der Waals surface area contributed by atoms with E-state index in [9.17, 15) is 9.59 Å². The number of primary amides is 1. The summed E-state index contributed by atoms with van der Waals surface area (Å²) in [5.74, 6) is -0.401. The fraction of sp³-hybridized carbons (Fsp3) is 0.429. The zero-order valence-electron chi connectivity index (χ0n) is 12.0. The summed E-state index contributed by atoms with van der Waals surface area (Å²) in [4.78, 5) is 23.4. The summed E-state index contributed by atoms with van der Waals surface area (Å²) < 4.78 is 5.29. The zero-order chi connectivity index (χ0) is 15.3. The highest BCUT2D eigenvalue weighted by Gasteiger charge is 2.31. The monoisotopic (exact) mass is 279 g/mol. The molecule has 0 aliphatic heterocycles. The molecule has 6 heteroatoms. The first-order chi connectivity index (χ1) is 9.25. The lowest BCUT2D eigenvalue weighted by atomic mass is 9.95. The van der Waals surface area contributed by atoms with Gasteiger partial charge in [0, 0.05) is 11.1 Å². The quantitative estimate of drug-likeness (QED) is 0.700. The molecule has 0 unspecified atom stereocenters. The molecule has 0 spiro atoms. The molecule has 0 aliphatic carbocycles. The van der Waals surface area contributed by atoms with Crippen molar-refractivity contribution >= 4 is 11.8 Å². The van der Waals surface area contributed by atoms with Crippen LogP contribution in [0.5, 0.6) is 5.75 Å². The minimum absolute atomic E-state index is 0.406. The van der Waals surface area contributed by atoms with Crippen LogP contribution < -0.4 is 21.5 Å². The van der Waals surface area contributed by atoms with Crippen LogP contribution in [0.4, 0.5) is 0 Å². The summed E-state index contributed by atoms with van der Waals surface area (Å²) in [6.07, 6.45) is 0. The molecule has 0 radical (unpaired) electrons. The van der Waals surface area contributed by atoms with E-state index in [1.165, 1.54) is 0 Å². The lowest BCUT2D eigenvalue weighted by Gasteiger charge is -2.28. The average Bonchev–Trinajstić information content (AvgIpc) is 2.35. The fourth-order valence-electron chi connectivity index (χ4n) is 1.71. The first-order valence-corrected chi connectivity index (χ1v) is 6.37. The molecule has 0 saturated heterocycles. The second-order valence-electron chi connectivity index (χ2n) is 5.09. The van der Waals surface area contributed by atoms with Crippen molar-refractivity contribution < 1.29 is 14.3 Å². The van der Waals surface area contributed by atoms with Crippen LogP contribution in [0.3, 0.4) is 0 Å². The molecule has 1 aromatic rings. The van der Waals surface area contributed by atoms with Gasteiger partial charge in [-0.25, -0.2) is 0 Å². The lowest BCUT2D eigenvalue weighted by molar-refractivity contribution is -0.121. The SMILES string of the molecule is CCOc1ccc(C(=O)N[C@H](C(N)=O)C(C)(C)N)cc1. The van der Waals surface area contributed by atoms with E-state index < -0.39 is 23.4 Å². The molecule has 1 aromatic carbocycles. The largest absolute Gasteiger partial charge is 0.494 e. The standard InChI is InChI=1S/C14H21N3O3/c1-4-20-10-7-5-9(6-8-10)13(19)17-11(12(15)18)14(2,3)16/h5-8,11H,4,16H2,1-3H3,(H2,15,18)(H,17,19)/t11-/m1/s1. The van der Waals surface area contributed by atoms with Gasteiger partial charge in [-0.1, -0.05) is 0 Å². The number of rotatable bonds is 6. The number of benzene rings is 1. The van der Waals surface area contributed by atoms with Gasteiger partial charge in [0.15, 0.2) is 0 Å². The van der Waals surface area contributed by atoms with Gasteiger partial charge >= 0.3 is 0 Å². The van der Waals surface area contributed by atoms with Crippen molar-refractivity contribution in [2.24, 2.45) is 11.5 Å². The Balaban J connectivity index is 2.81. The summed E-state index contributed by atoms with van der Waals surface area (Å²) in [5, 5.41) is 2.54. The Morgan fingerprint density at radius 1 is 1.30 bits per heavy atom. The molecule has 0 heterocycles. The van der Waals surface area contributed by atoms with Crippen LogP contribution in [0.15, 0.2) is 24.3 Å². The topological polar surface area (TPSA) is 107 Å². The van der Waals surface area contributed by atoms with Crippen molar-refractivity contribution in [2.45, 2.75) is 32.4 Å². The molecule has 1 rings (SSSR count). The Labute approximate surface area is 118 Å². The van der Waals surface area contributed by atoms with Crippen molar-refractivity contribution in [3.63, 3.8) is 0 Å². The molecule has 6 nitrogen and oxygen atoms in total. The smallest absolute Gasteiger partial charge is 0.251 e. The molecule has 5 N–H and O–H groups in total. The van der Waals surface area contributed by atoms with E-state index in [0.29, 0.717) is 17.9 Å². The van der Waals surface area contributed by atoms with Crippen molar-refractivity contribution in [3.8, 4) is 5.75 Å². The van der Waals surface area contributed by atoms with E-state index in [4.69, 9.17) is 16.2 Å². The number of hydrogen-bond acceptors (Lipinski definition) is 4. The highest BCUT2D eigenvalue weighted by molar-refractivity contribution is 5.97. The predicted octanol–water partition coefficient (Wildman–Crippen LogP) is 0.406. The first-order valence-electron chi connectivity index (χ1n) is 6.37. The van der Waals surface area contributed by atoms with Crippen LogP contribution in [-0.4, -0.2) is 30.0 Å². The maximum atomic E-state index is 12.1. The van der Waals surface area contributed by atoms with E-state index >= 15 is 0 Å². The summed E-state index contributed by atoms with van der Waals surface area (Å²) in [7, 11) is 0. The number of amides is 2. The van der Waals surface area contributed by atoms with Crippen molar-refractivity contribution in [3.05, 3.63) is 29.8 Å². The fourth-order valence-corrected chi connectivity index (χ4v) is 1.71. The Hall–Kier alpha value is -2.08. The van der Waals surface area contributed by atoms with Crippen molar-refractivity contribution in [1.29, 1.82) is 0 Å². The van der Waals surface area contributed by atoms with Crippen molar-refractivity contribution in [2.75, 3.05) is 6.61 Å². The van der Waals surface area contributed by atoms with Gasteiger partial charge in [0.2, 0.25) is 5.91 Å². The Morgan fingerprint density at radius 2 is 1.85 bits per heavy atom. The summed E-state index contributed by atoms with van der Waals surface area (Å²) >= 11 is 0. The summed E-state index contributed by atoms with van der Waals surface area (Å²) in [6, 6.07) is 5.65. The Kier molecular flexibility index (Phi) is 5.10. The third-order valence-electron chi connectivity index (χ3n) is 2.73. The van der Waals surface area contributed by atoms with Gasteiger partial charge in [0.25, 0.3) is 5.91 Å². The van der Waals surface area contributed by atoms with E-state index in [1.807, 2.05) is 6.92 Å². The molecular weight excluding hydrogens is 258 g/mol. The average molecular weight is 279 g/mol. The predicted molar refractivity (Wildman–Crippen MR) is 76.3 cm³/mol. The van der Waals surface area contributed by atoms with Gasteiger partial charge in [0.1, 0.15) is 11.8 Å². The van der Waals surface area contributed by atoms with Gasteiger partial charge in [-0.05, 0) is 45.0 Å². The van der Waals surface area contributed by atoms with Crippen LogP contribution in [0.25, 0.3) is 0 Å². The van der Waals surface area contributed by atoms with Crippen LogP contribution >= 0.6 is 0 Å². The molecule has 2 amide bonds. The second kappa shape index (κ2) is 6.38. The zero-order valence-corrected chi connectivity index (χ0v) is 12.0. The number of hydrogen-bond donors (Lipinski definition) is 3. The van der Waals surface area contributed by atoms with Gasteiger partial charge in [-0.3, -0.25) is 9.59 Å². The molecule has 0 bridgehead atoms.